The topological polar surface area (TPSA) is 28.2 Å². The minimum atomic E-state index is 0.681. The van der Waals surface area contributed by atoms with Crippen LogP contribution >= 0.6 is 15.9 Å². The number of nitrogens with zero attached hydrogens (tertiary/aromatic N) is 2. The molecule has 2 rings (SSSR count). The molecule has 18 heavy (non-hydrogen) atoms. The molecule has 0 unspecified atom stereocenters. The van der Waals surface area contributed by atoms with Crippen LogP contribution in [0.3, 0.4) is 0 Å². The van der Waals surface area contributed by atoms with Crippen molar-refractivity contribution in [2.24, 2.45) is 5.92 Å². The molecular weight excluding hydrogens is 290 g/mol. The van der Waals surface area contributed by atoms with Gasteiger partial charge in [-0.1, -0.05) is 13.8 Å². The van der Waals surface area contributed by atoms with Crippen LogP contribution in [0.25, 0.3) is 0 Å². The normalized spacial score (nSPS) is 15.7. The number of halogens is 1. The van der Waals surface area contributed by atoms with Crippen molar-refractivity contribution in [2.45, 2.75) is 33.2 Å². The molecule has 0 aliphatic carbocycles. The highest BCUT2D eigenvalue weighted by Gasteiger charge is 2.17. The molecule has 0 radical (unpaired) electrons. The summed E-state index contributed by atoms with van der Waals surface area (Å²) < 4.78 is 1.06. The number of aromatic nitrogens is 1. The largest absolute Gasteiger partial charge is 0.356 e. The third-order valence-corrected chi connectivity index (χ3v) is 3.62. The maximum Gasteiger partial charge on any atom is 0.133 e. The van der Waals surface area contributed by atoms with E-state index >= 15 is 0 Å². The summed E-state index contributed by atoms with van der Waals surface area (Å²) in [4.78, 5) is 7.00. The summed E-state index contributed by atoms with van der Waals surface area (Å²) >= 11 is 3.52. The maximum absolute atomic E-state index is 4.60. The first kappa shape index (κ1) is 13.8. The summed E-state index contributed by atoms with van der Waals surface area (Å²) in [6, 6.07) is 2.19. The summed E-state index contributed by atoms with van der Waals surface area (Å²) in [6.45, 7) is 8.70. The highest BCUT2D eigenvalue weighted by molar-refractivity contribution is 9.10. The van der Waals surface area contributed by atoms with Crippen molar-refractivity contribution < 1.29 is 0 Å². The minimum Gasteiger partial charge on any atom is -0.356 e. The van der Waals surface area contributed by atoms with Gasteiger partial charge in [-0.3, -0.25) is 0 Å². The van der Waals surface area contributed by atoms with Gasteiger partial charge in [0.05, 0.1) is 0 Å². The van der Waals surface area contributed by atoms with Gasteiger partial charge in [-0.25, -0.2) is 4.98 Å². The lowest BCUT2D eigenvalue weighted by molar-refractivity contribution is 0.551. The average molecular weight is 312 g/mol. The van der Waals surface area contributed by atoms with Gasteiger partial charge in [0, 0.05) is 35.9 Å². The van der Waals surface area contributed by atoms with E-state index in [1.165, 1.54) is 18.4 Å². The molecular formula is C14H22BrN3. The van der Waals surface area contributed by atoms with Gasteiger partial charge in [-0.15, -0.1) is 0 Å². The summed E-state index contributed by atoms with van der Waals surface area (Å²) in [5.41, 5.74) is 1.30. The van der Waals surface area contributed by atoms with Crippen LogP contribution in [0, 0.1) is 5.92 Å². The van der Waals surface area contributed by atoms with Gasteiger partial charge in [-0.2, -0.15) is 0 Å². The Bertz CT molecular complexity index is 387. The van der Waals surface area contributed by atoms with Crippen LogP contribution in [0.15, 0.2) is 16.7 Å². The zero-order valence-electron chi connectivity index (χ0n) is 11.2. The monoisotopic (exact) mass is 311 g/mol. The first-order valence-electron chi connectivity index (χ1n) is 6.77. The van der Waals surface area contributed by atoms with E-state index in [1.54, 1.807) is 0 Å². The molecule has 0 amide bonds. The van der Waals surface area contributed by atoms with Gasteiger partial charge in [0.25, 0.3) is 0 Å². The van der Waals surface area contributed by atoms with Crippen LogP contribution in [0.2, 0.25) is 0 Å². The van der Waals surface area contributed by atoms with Crippen molar-refractivity contribution in [1.82, 2.24) is 10.3 Å². The Labute approximate surface area is 118 Å². The second-order valence-corrected chi connectivity index (χ2v) is 6.27. The highest BCUT2D eigenvalue weighted by atomic mass is 79.9. The third-order valence-electron chi connectivity index (χ3n) is 3.18. The molecule has 0 aromatic carbocycles. The number of pyridine rings is 1. The summed E-state index contributed by atoms with van der Waals surface area (Å²) in [7, 11) is 0. The molecule has 1 aliphatic heterocycles. The molecule has 0 atom stereocenters. The predicted molar refractivity (Wildman–Crippen MR) is 79.9 cm³/mol. The van der Waals surface area contributed by atoms with Crippen molar-refractivity contribution in [3.63, 3.8) is 0 Å². The van der Waals surface area contributed by atoms with Gasteiger partial charge in [-0.05, 0) is 47.3 Å². The number of nitrogens with one attached hydrogen (secondary N) is 1. The first-order chi connectivity index (χ1) is 8.66. The zero-order valence-corrected chi connectivity index (χ0v) is 12.8. The summed E-state index contributed by atoms with van der Waals surface area (Å²) in [6.07, 6.45) is 4.48. The quantitative estimate of drug-likeness (QED) is 0.905. The zero-order chi connectivity index (χ0) is 13.0. The maximum atomic E-state index is 4.60. The molecule has 3 nitrogen and oxygen atoms in total. The molecule has 1 aromatic heterocycles. The fraction of sp³-hybridized carbons (Fsp3) is 0.643. The van der Waals surface area contributed by atoms with Crippen LogP contribution < -0.4 is 10.2 Å². The van der Waals surface area contributed by atoms with Crippen LogP contribution in [-0.4, -0.2) is 24.6 Å². The average Bonchev–Trinajstić information content (AvgIpc) is 2.82. The highest BCUT2D eigenvalue weighted by Crippen LogP contribution is 2.24. The molecule has 100 valence electrons. The van der Waals surface area contributed by atoms with Crippen LogP contribution in [0.4, 0.5) is 5.82 Å². The molecule has 4 heteroatoms. The Morgan fingerprint density at radius 1 is 1.39 bits per heavy atom. The number of anilines is 1. The molecule has 0 spiro atoms. The second-order valence-electron chi connectivity index (χ2n) is 5.36. The fourth-order valence-electron chi connectivity index (χ4n) is 2.31. The fourth-order valence-corrected chi connectivity index (χ4v) is 2.69. The Kier molecular flexibility index (Phi) is 5.01. The molecule has 1 fully saturated rings. The van der Waals surface area contributed by atoms with Crippen molar-refractivity contribution >= 4 is 21.7 Å². The molecule has 0 bridgehead atoms. The van der Waals surface area contributed by atoms with E-state index in [2.05, 4.69) is 51.0 Å². The van der Waals surface area contributed by atoms with E-state index in [1.807, 2.05) is 6.20 Å². The van der Waals surface area contributed by atoms with Crippen LogP contribution in [0.5, 0.6) is 0 Å². The van der Waals surface area contributed by atoms with E-state index in [-0.39, 0.29) is 0 Å². The second kappa shape index (κ2) is 6.53. The minimum absolute atomic E-state index is 0.681. The standard InChI is InChI=1S/C14H22BrN3/c1-11(2)8-16-9-12-7-13(15)10-17-14(12)18-5-3-4-6-18/h7,10-11,16H,3-6,8-9H2,1-2H3. The van der Waals surface area contributed by atoms with Gasteiger partial charge >= 0.3 is 0 Å². The lowest BCUT2D eigenvalue weighted by Crippen LogP contribution is -2.24. The van der Waals surface area contributed by atoms with Crippen molar-refractivity contribution in [3.8, 4) is 0 Å². The molecule has 1 saturated heterocycles. The number of hydrogen-bond acceptors (Lipinski definition) is 3. The van der Waals surface area contributed by atoms with E-state index < -0.39 is 0 Å². The third kappa shape index (κ3) is 3.69. The van der Waals surface area contributed by atoms with Gasteiger partial charge < -0.3 is 10.2 Å². The van der Waals surface area contributed by atoms with Gasteiger partial charge in [0.15, 0.2) is 0 Å². The van der Waals surface area contributed by atoms with E-state index in [4.69, 9.17) is 0 Å². The van der Waals surface area contributed by atoms with Crippen LogP contribution in [0.1, 0.15) is 32.3 Å². The molecule has 1 aromatic rings. The van der Waals surface area contributed by atoms with E-state index in [0.717, 1.165) is 36.5 Å². The Morgan fingerprint density at radius 2 is 2.11 bits per heavy atom. The van der Waals surface area contributed by atoms with Crippen LogP contribution in [-0.2, 0) is 6.54 Å². The van der Waals surface area contributed by atoms with E-state index in [9.17, 15) is 0 Å². The van der Waals surface area contributed by atoms with Crippen molar-refractivity contribution in [2.75, 3.05) is 24.5 Å². The lowest BCUT2D eigenvalue weighted by Gasteiger charge is -2.20. The van der Waals surface area contributed by atoms with Gasteiger partial charge in [0.2, 0.25) is 0 Å². The van der Waals surface area contributed by atoms with E-state index in [0.29, 0.717) is 5.92 Å². The van der Waals surface area contributed by atoms with Crippen molar-refractivity contribution in [1.29, 1.82) is 0 Å². The SMILES string of the molecule is CC(C)CNCc1cc(Br)cnc1N1CCCC1. The molecule has 1 N–H and O–H groups in total. The Morgan fingerprint density at radius 3 is 2.78 bits per heavy atom. The molecule has 2 heterocycles. The number of hydrogen-bond donors (Lipinski definition) is 1. The summed E-state index contributed by atoms with van der Waals surface area (Å²) in [5, 5.41) is 3.50. The first-order valence-corrected chi connectivity index (χ1v) is 7.56. The van der Waals surface area contributed by atoms with Crippen molar-refractivity contribution in [3.05, 3.63) is 22.3 Å². The molecule has 1 aliphatic rings. The predicted octanol–water partition coefficient (Wildman–Crippen LogP) is 3.19. The summed E-state index contributed by atoms with van der Waals surface area (Å²) in [5.74, 6) is 1.84. The Hall–Kier alpha value is -0.610. The van der Waals surface area contributed by atoms with Gasteiger partial charge in [0.1, 0.15) is 5.82 Å². The lowest BCUT2D eigenvalue weighted by atomic mass is 10.2. The number of rotatable bonds is 5. The molecule has 0 saturated carbocycles. The Balaban J connectivity index is 2.07. The smallest absolute Gasteiger partial charge is 0.133 e.